The lowest BCUT2D eigenvalue weighted by Crippen LogP contribution is -2.31. The first-order valence-electron chi connectivity index (χ1n) is 7.72. The molecule has 6 nitrogen and oxygen atoms in total. The molecule has 3 rings (SSSR count). The number of likely N-dealkylation sites (tertiary alicyclic amines) is 1. The summed E-state index contributed by atoms with van der Waals surface area (Å²) in [6, 6.07) is 11.4. The minimum atomic E-state index is -0.314. The number of carbonyl (C=O) groups excluding carboxylic acids is 1. The average Bonchev–Trinajstić information content (AvgIpc) is 3.02. The maximum absolute atomic E-state index is 12.4. The number of aryl methyl sites for hydroxylation is 1. The number of ether oxygens (including phenoxy) is 1. The molecule has 1 atom stereocenters. The number of hydrogen-bond donors (Lipinski definition) is 1. The number of benzene rings is 1. The molecular formula is C17H20N4O2. The van der Waals surface area contributed by atoms with Crippen molar-refractivity contribution in [2.24, 2.45) is 0 Å². The third-order valence-electron chi connectivity index (χ3n) is 3.93. The molecule has 0 bridgehead atoms. The highest BCUT2D eigenvalue weighted by molar-refractivity contribution is 5.68. The third kappa shape index (κ3) is 3.59. The summed E-state index contributed by atoms with van der Waals surface area (Å²) in [7, 11) is 0. The Labute approximate surface area is 135 Å². The molecular weight excluding hydrogens is 292 g/mol. The van der Waals surface area contributed by atoms with Gasteiger partial charge in [-0.1, -0.05) is 30.3 Å². The second-order valence-electron chi connectivity index (χ2n) is 5.68. The van der Waals surface area contributed by atoms with E-state index in [0.717, 1.165) is 29.8 Å². The Morgan fingerprint density at radius 3 is 2.87 bits per heavy atom. The standard InChI is InChI=1S/C17H20N4O2/c1-12-10-14(20-16(18)19-12)15-8-5-9-21(15)17(22)23-11-13-6-3-2-4-7-13/h2-4,6-7,10,15H,5,8-9,11H2,1H3,(H2,18,19,20). The van der Waals surface area contributed by atoms with Crippen LogP contribution >= 0.6 is 0 Å². The zero-order chi connectivity index (χ0) is 16.2. The molecule has 1 aromatic carbocycles. The van der Waals surface area contributed by atoms with Crippen LogP contribution < -0.4 is 5.73 Å². The zero-order valence-electron chi connectivity index (χ0n) is 13.1. The van der Waals surface area contributed by atoms with Crippen LogP contribution in [0.15, 0.2) is 36.4 Å². The van der Waals surface area contributed by atoms with Crippen LogP contribution in [0.4, 0.5) is 10.7 Å². The van der Waals surface area contributed by atoms with Crippen molar-refractivity contribution in [2.45, 2.75) is 32.4 Å². The first-order chi connectivity index (χ1) is 11.1. The Hall–Kier alpha value is -2.63. The van der Waals surface area contributed by atoms with Crippen LogP contribution in [0.25, 0.3) is 0 Å². The molecule has 0 spiro atoms. The highest BCUT2D eigenvalue weighted by Crippen LogP contribution is 2.31. The van der Waals surface area contributed by atoms with Gasteiger partial charge >= 0.3 is 6.09 Å². The summed E-state index contributed by atoms with van der Waals surface area (Å²) in [5.41, 5.74) is 8.28. The van der Waals surface area contributed by atoms with Gasteiger partial charge in [0.2, 0.25) is 5.95 Å². The lowest BCUT2D eigenvalue weighted by molar-refractivity contribution is 0.0915. The van der Waals surface area contributed by atoms with Crippen molar-refractivity contribution in [3.63, 3.8) is 0 Å². The van der Waals surface area contributed by atoms with Gasteiger partial charge in [-0.25, -0.2) is 14.8 Å². The second kappa shape index (κ2) is 6.64. The summed E-state index contributed by atoms with van der Waals surface area (Å²) >= 11 is 0. The van der Waals surface area contributed by atoms with E-state index >= 15 is 0 Å². The number of rotatable bonds is 3. The van der Waals surface area contributed by atoms with Gasteiger partial charge in [0, 0.05) is 12.2 Å². The van der Waals surface area contributed by atoms with E-state index < -0.39 is 0 Å². The van der Waals surface area contributed by atoms with Crippen molar-refractivity contribution in [1.29, 1.82) is 0 Å². The average molecular weight is 312 g/mol. The number of anilines is 1. The first kappa shape index (κ1) is 15.3. The molecule has 1 aromatic heterocycles. The van der Waals surface area contributed by atoms with Crippen molar-refractivity contribution < 1.29 is 9.53 Å². The highest BCUT2D eigenvalue weighted by atomic mass is 16.6. The van der Waals surface area contributed by atoms with Crippen molar-refractivity contribution in [2.75, 3.05) is 12.3 Å². The first-order valence-corrected chi connectivity index (χ1v) is 7.72. The third-order valence-corrected chi connectivity index (χ3v) is 3.93. The van der Waals surface area contributed by atoms with Gasteiger partial charge in [-0.2, -0.15) is 0 Å². The minimum absolute atomic E-state index is 0.0951. The molecule has 1 fully saturated rings. The molecule has 0 radical (unpaired) electrons. The molecule has 1 unspecified atom stereocenters. The minimum Gasteiger partial charge on any atom is -0.445 e. The fourth-order valence-electron chi connectivity index (χ4n) is 2.88. The molecule has 0 aliphatic carbocycles. The Morgan fingerprint density at radius 1 is 1.35 bits per heavy atom. The topological polar surface area (TPSA) is 81.3 Å². The smallest absolute Gasteiger partial charge is 0.410 e. The van der Waals surface area contributed by atoms with Gasteiger partial charge < -0.3 is 10.5 Å². The Kier molecular flexibility index (Phi) is 4.41. The predicted molar refractivity (Wildman–Crippen MR) is 86.5 cm³/mol. The van der Waals surface area contributed by atoms with Gasteiger partial charge in [0.05, 0.1) is 11.7 Å². The summed E-state index contributed by atoms with van der Waals surface area (Å²) < 4.78 is 5.44. The molecule has 2 N–H and O–H groups in total. The van der Waals surface area contributed by atoms with E-state index in [9.17, 15) is 4.79 Å². The van der Waals surface area contributed by atoms with E-state index in [2.05, 4.69) is 9.97 Å². The van der Waals surface area contributed by atoms with E-state index in [1.165, 1.54) is 0 Å². The van der Waals surface area contributed by atoms with Crippen LogP contribution in [-0.4, -0.2) is 27.5 Å². The number of nitrogens with zero attached hydrogens (tertiary/aromatic N) is 3. The monoisotopic (exact) mass is 312 g/mol. The van der Waals surface area contributed by atoms with Gasteiger partial charge in [-0.15, -0.1) is 0 Å². The van der Waals surface area contributed by atoms with Crippen molar-refractivity contribution in [3.05, 3.63) is 53.3 Å². The normalized spacial score (nSPS) is 17.3. The summed E-state index contributed by atoms with van der Waals surface area (Å²) in [5.74, 6) is 0.240. The van der Waals surface area contributed by atoms with Crippen LogP contribution in [0.2, 0.25) is 0 Å². The Morgan fingerprint density at radius 2 is 2.13 bits per heavy atom. The quantitative estimate of drug-likeness (QED) is 0.942. The van der Waals surface area contributed by atoms with E-state index in [1.807, 2.05) is 43.3 Å². The van der Waals surface area contributed by atoms with Gasteiger partial charge in [0.25, 0.3) is 0 Å². The lowest BCUT2D eigenvalue weighted by Gasteiger charge is -2.24. The van der Waals surface area contributed by atoms with Crippen LogP contribution in [0.5, 0.6) is 0 Å². The summed E-state index contributed by atoms with van der Waals surface area (Å²) in [4.78, 5) is 22.5. The van der Waals surface area contributed by atoms with E-state index in [1.54, 1.807) is 4.90 Å². The van der Waals surface area contributed by atoms with Gasteiger partial charge in [-0.3, -0.25) is 4.90 Å². The fraction of sp³-hybridized carbons (Fsp3) is 0.353. The van der Waals surface area contributed by atoms with Gasteiger partial charge in [0.15, 0.2) is 0 Å². The van der Waals surface area contributed by atoms with Crippen LogP contribution in [0, 0.1) is 6.92 Å². The van der Waals surface area contributed by atoms with Gasteiger partial charge in [0.1, 0.15) is 6.61 Å². The van der Waals surface area contributed by atoms with Crippen LogP contribution in [-0.2, 0) is 11.3 Å². The predicted octanol–water partition coefficient (Wildman–Crippen LogP) is 2.84. The molecule has 1 aliphatic rings. The maximum Gasteiger partial charge on any atom is 0.410 e. The van der Waals surface area contributed by atoms with E-state index in [0.29, 0.717) is 6.54 Å². The number of nitrogens with two attached hydrogens (primary N) is 1. The Balaban J connectivity index is 1.69. The molecule has 1 aliphatic heterocycles. The van der Waals surface area contributed by atoms with Gasteiger partial charge in [-0.05, 0) is 31.4 Å². The number of carbonyl (C=O) groups is 1. The van der Waals surface area contributed by atoms with E-state index in [4.69, 9.17) is 10.5 Å². The zero-order valence-corrected chi connectivity index (χ0v) is 13.1. The number of nitrogen functional groups attached to an aromatic ring is 1. The molecule has 23 heavy (non-hydrogen) atoms. The fourth-order valence-corrected chi connectivity index (χ4v) is 2.88. The summed E-state index contributed by atoms with van der Waals surface area (Å²) in [6.07, 6.45) is 1.47. The van der Waals surface area contributed by atoms with Crippen LogP contribution in [0.1, 0.15) is 35.8 Å². The van der Waals surface area contributed by atoms with Crippen molar-refractivity contribution >= 4 is 12.0 Å². The van der Waals surface area contributed by atoms with Crippen molar-refractivity contribution in [3.8, 4) is 0 Å². The maximum atomic E-state index is 12.4. The van der Waals surface area contributed by atoms with Crippen LogP contribution in [0.3, 0.4) is 0 Å². The SMILES string of the molecule is Cc1cc(C2CCCN2C(=O)OCc2ccccc2)nc(N)n1. The largest absolute Gasteiger partial charge is 0.445 e. The summed E-state index contributed by atoms with van der Waals surface area (Å²) in [6.45, 7) is 2.81. The second-order valence-corrected chi connectivity index (χ2v) is 5.68. The molecule has 1 saturated heterocycles. The molecule has 2 heterocycles. The lowest BCUT2D eigenvalue weighted by atomic mass is 10.1. The highest BCUT2D eigenvalue weighted by Gasteiger charge is 2.32. The molecule has 2 aromatic rings. The molecule has 0 saturated carbocycles. The molecule has 1 amide bonds. The number of aromatic nitrogens is 2. The van der Waals surface area contributed by atoms with Crippen molar-refractivity contribution in [1.82, 2.24) is 14.9 Å². The van der Waals surface area contributed by atoms with E-state index in [-0.39, 0.29) is 24.7 Å². The molecule has 6 heteroatoms. The number of hydrogen-bond acceptors (Lipinski definition) is 5. The Bertz CT molecular complexity index is 670. The number of amides is 1. The summed E-state index contributed by atoms with van der Waals surface area (Å²) in [5, 5.41) is 0. The molecule has 120 valence electrons.